The van der Waals surface area contributed by atoms with E-state index in [1.165, 1.54) is 26.0 Å². The van der Waals surface area contributed by atoms with E-state index < -0.39 is 0 Å². The van der Waals surface area contributed by atoms with Crippen LogP contribution in [-0.4, -0.2) is 106 Å². The summed E-state index contributed by atoms with van der Waals surface area (Å²) in [5, 5.41) is 0. The van der Waals surface area contributed by atoms with Crippen LogP contribution in [0, 0.1) is 47.3 Å². The summed E-state index contributed by atoms with van der Waals surface area (Å²) < 4.78 is 0. The molecule has 9 amide bonds. The molecule has 5 fully saturated rings. The number of imide groups is 4. The van der Waals surface area contributed by atoms with E-state index in [1.54, 1.807) is 58.8 Å². The molecule has 14 nitrogen and oxygen atoms in total. The van der Waals surface area contributed by atoms with Crippen molar-refractivity contribution in [3.63, 3.8) is 0 Å². The van der Waals surface area contributed by atoms with Crippen LogP contribution in [0.1, 0.15) is 120 Å². The highest BCUT2D eigenvalue weighted by molar-refractivity contribution is 6.21. The third kappa shape index (κ3) is 11.3. The van der Waals surface area contributed by atoms with Crippen molar-refractivity contribution in [2.45, 2.75) is 126 Å². The van der Waals surface area contributed by atoms with Gasteiger partial charge in [-0.3, -0.25) is 62.8 Å². The number of hydrogen-bond acceptors (Lipinski definition) is 9. The first-order chi connectivity index (χ1) is 28.2. The predicted octanol–water partition coefficient (Wildman–Crippen LogP) is 5.72. The zero-order valence-electron chi connectivity index (χ0n) is 37.8. The Labute approximate surface area is 356 Å². The Morgan fingerprint density at radius 1 is 0.533 bits per heavy atom. The van der Waals surface area contributed by atoms with Gasteiger partial charge in [0.2, 0.25) is 53.2 Å². The minimum Gasteiger partial charge on any atom is -0.349 e. The first-order valence-electron chi connectivity index (χ1n) is 21.9. The molecule has 0 bridgehead atoms. The number of amides is 9. The molecule has 0 radical (unpaired) electrons. The van der Waals surface area contributed by atoms with Crippen molar-refractivity contribution < 1.29 is 43.2 Å². The molecule has 8 unspecified atom stereocenters. The third-order valence-corrected chi connectivity index (χ3v) is 13.1. The minimum absolute atomic E-state index is 0.00551. The highest BCUT2D eigenvalue weighted by atomic mass is 16.2. The van der Waals surface area contributed by atoms with Crippen LogP contribution in [0.4, 0.5) is 5.69 Å². The average molecular weight is 836 g/mol. The van der Waals surface area contributed by atoms with Crippen LogP contribution in [-0.2, 0) is 43.2 Å². The maximum absolute atomic E-state index is 11.9. The standard InChI is InChI=1S/C12H20N2O3.C12H19NO2.C12H13NO2.C10H17NO2/c1-8-9(2)12(17)14(11(8)16)7-5-6-10(15)13(3)4;2*1-8-9(2)12(15)13(11(8)14)10-6-4-3-5-7-10;1-4-5-6-11-9(12)7(2)8(3)10(11)13/h8-9H,5-7H2,1-4H3;8-10H,3-7H2,1-2H3;3-9H,1-2H3;7-8H,4-6H2,1-3H3. The molecule has 1 saturated carbocycles. The fraction of sp³-hybridized carbons (Fsp3) is 0.674. The normalized spacial score (nSPS) is 28.1. The van der Waals surface area contributed by atoms with Crippen LogP contribution in [0.5, 0.6) is 0 Å². The molecular weight excluding hydrogens is 767 g/mol. The van der Waals surface area contributed by atoms with Crippen LogP contribution in [0.25, 0.3) is 0 Å². The SMILES string of the molecule is CC1C(=O)N(C2CCCCC2)C(=O)C1C.CC1C(=O)N(CCCC(=O)N(C)C)C(=O)C1C.CC1C(=O)N(c2ccccc2)C(=O)C1C.CCCCN1C(=O)C(C)C(C)C1=O. The Balaban J connectivity index is 0.000000214. The second-order valence-corrected chi connectivity index (χ2v) is 17.4. The van der Waals surface area contributed by atoms with Crippen LogP contribution in [0.2, 0.25) is 0 Å². The van der Waals surface area contributed by atoms with Gasteiger partial charge in [0.25, 0.3) is 0 Å². The van der Waals surface area contributed by atoms with E-state index in [0.29, 0.717) is 31.6 Å². The molecule has 14 heteroatoms. The lowest BCUT2D eigenvalue weighted by atomic mass is 9.94. The molecule has 1 aromatic carbocycles. The molecule has 0 aromatic heterocycles. The van der Waals surface area contributed by atoms with Gasteiger partial charge in [0.15, 0.2) is 0 Å². The van der Waals surface area contributed by atoms with Gasteiger partial charge in [-0.15, -0.1) is 0 Å². The Morgan fingerprint density at radius 2 is 0.900 bits per heavy atom. The number of rotatable bonds is 9. The lowest BCUT2D eigenvalue weighted by molar-refractivity contribution is -0.144. The fourth-order valence-corrected chi connectivity index (χ4v) is 7.87. The Bertz CT molecular complexity index is 1660. The van der Waals surface area contributed by atoms with E-state index in [2.05, 4.69) is 6.92 Å². The molecule has 6 rings (SSSR count). The van der Waals surface area contributed by atoms with Gasteiger partial charge in [0.1, 0.15) is 0 Å². The Hall–Kier alpha value is -4.75. The van der Waals surface area contributed by atoms with Crippen molar-refractivity contribution in [2.75, 3.05) is 32.1 Å². The van der Waals surface area contributed by atoms with Gasteiger partial charge in [-0.25, -0.2) is 0 Å². The van der Waals surface area contributed by atoms with Crippen LogP contribution < -0.4 is 4.90 Å². The van der Waals surface area contributed by atoms with E-state index in [9.17, 15) is 43.2 Å². The van der Waals surface area contributed by atoms with E-state index in [0.717, 1.165) is 38.5 Å². The first kappa shape index (κ1) is 49.6. The van der Waals surface area contributed by atoms with Crippen LogP contribution >= 0.6 is 0 Å². The summed E-state index contributed by atoms with van der Waals surface area (Å²) >= 11 is 0. The summed E-state index contributed by atoms with van der Waals surface area (Å²) in [7, 11) is 3.39. The third-order valence-electron chi connectivity index (χ3n) is 13.1. The van der Waals surface area contributed by atoms with Gasteiger partial charge in [0.05, 0.1) is 5.69 Å². The molecule has 4 saturated heterocycles. The number of anilines is 1. The van der Waals surface area contributed by atoms with Crippen LogP contribution in [0.15, 0.2) is 30.3 Å². The van der Waals surface area contributed by atoms with Crippen LogP contribution in [0.3, 0.4) is 0 Å². The van der Waals surface area contributed by atoms with E-state index in [1.807, 2.05) is 45.9 Å². The number of unbranched alkanes of at least 4 members (excludes halogenated alkanes) is 1. The molecule has 0 spiro atoms. The summed E-state index contributed by atoms with van der Waals surface area (Å²) in [5.41, 5.74) is 0.670. The molecule has 4 aliphatic heterocycles. The van der Waals surface area contributed by atoms with Gasteiger partial charge in [0, 0.05) is 87.0 Å². The van der Waals surface area contributed by atoms with Crippen molar-refractivity contribution in [1.82, 2.24) is 19.6 Å². The van der Waals surface area contributed by atoms with Gasteiger partial charge < -0.3 is 4.90 Å². The van der Waals surface area contributed by atoms with E-state index >= 15 is 0 Å². The number of hydrogen-bond donors (Lipinski definition) is 0. The first-order valence-corrected chi connectivity index (χ1v) is 21.9. The smallest absolute Gasteiger partial charge is 0.237 e. The van der Waals surface area contributed by atoms with Crippen molar-refractivity contribution in [3.8, 4) is 0 Å². The second-order valence-electron chi connectivity index (χ2n) is 17.4. The molecule has 332 valence electrons. The number of nitrogens with zero attached hydrogens (tertiary/aromatic N) is 5. The lowest BCUT2D eigenvalue weighted by Crippen LogP contribution is -2.41. The largest absolute Gasteiger partial charge is 0.349 e. The molecule has 1 aliphatic carbocycles. The monoisotopic (exact) mass is 836 g/mol. The highest BCUT2D eigenvalue weighted by Crippen LogP contribution is 2.33. The summed E-state index contributed by atoms with van der Waals surface area (Å²) in [5.74, 6) is -1.63. The van der Waals surface area contributed by atoms with Gasteiger partial charge >= 0.3 is 0 Å². The van der Waals surface area contributed by atoms with Crippen molar-refractivity contribution in [2.24, 2.45) is 47.3 Å². The van der Waals surface area contributed by atoms with E-state index in [4.69, 9.17) is 0 Å². The summed E-state index contributed by atoms with van der Waals surface area (Å²) in [6, 6.07) is 9.27. The second kappa shape index (κ2) is 22.2. The maximum Gasteiger partial charge on any atom is 0.237 e. The Kier molecular flexibility index (Phi) is 18.4. The predicted molar refractivity (Wildman–Crippen MR) is 227 cm³/mol. The molecule has 5 aliphatic rings. The quantitative estimate of drug-likeness (QED) is 0.283. The summed E-state index contributed by atoms with van der Waals surface area (Å²) in [4.78, 5) is 113. The van der Waals surface area contributed by atoms with Crippen molar-refractivity contribution >= 4 is 58.9 Å². The molecule has 60 heavy (non-hydrogen) atoms. The fourth-order valence-electron chi connectivity index (χ4n) is 7.87. The zero-order chi connectivity index (χ0) is 45.2. The number of likely N-dealkylation sites (tertiary alicyclic amines) is 3. The maximum atomic E-state index is 11.9. The van der Waals surface area contributed by atoms with Gasteiger partial charge in [-0.05, 0) is 37.8 Å². The molecule has 8 atom stereocenters. The topological polar surface area (TPSA) is 170 Å². The molecule has 0 N–H and O–H groups in total. The van der Waals surface area contributed by atoms with E-state index in [-0.39, 0.29) is 107 Å². The molecule has 4 heterocycles. The number of para-hydroxylation sites is 1. The molecule has 1 aromatic rings. The summed E-state index contributed by atoms with van der Waals surface area (Å²) in [6.07, 6.45) is 8.41. The average Bonchev–Trinajstić information content (AvgIpc) is 3.73. The van der Waals surface area contributed by atoms with Gasteiger partial charge in [-0.1, -0.05) is 106 Å². The minimum atomic E-state index is -0.230. The van der Waals surface area contributed by atoms with Gasteiger partial charge in [-0.2, -0.15) is 0 Å². The number of carbonyl (C=O) groups is 9. The zero-order valence-corrected chi connectivity index (χ0v) is 37.8. The highest BCUT2D eigenvalue weighted by Gasteiger charge is 2.46. The Morgan fingerprint density at radius 3 is 1.28 bits per heavy atom. The van der Waals surface area contributed by atoms with Crippen molar-refractivity contribution in [3.05, 3.63) is 30.3 Å². The number of carbonyl (C=O) groups excluding carboxylic acids is 9. The number of benzene rings is 1. The lowest BCUT2D eigenvalue weighted by Gasteiger charge is -2.29. The molecular formula is C46H69N5O9. The summed E-state index contributed by atoms with van der Waals surface area (Å²) in [6.45, 7) is 17.6. The van der Waals surface area contributed by atoms with Crippen molar-refractivity contribution in [1.29, 1.82) is 0 Å².